The highest BCUT2D eigenvalue weighted by Gasteiger charge is 2.37. The number of carbonyl (C=O) groups is 1. The number of nitrogens with zero attached hydrogens (tertiary/aromatic N) is 3. The topological polar surface area (TPSA) is 78.7 Å². The van der Waals surface area contributed by atoms with Crippen LogP contribution in [0.25, 0.3) is 0 Å². The Balaban J connectivity index is 2.85. The second-order valence-electron chi connectivity index (χ2n) is 4.29. The fourth-order valence-electron chi connectivity index (χ4n) is 1.93. The Labute approximate surface area is 111 Å². The molecule has 0 unspecified atom stereocenters. The third kappa shape index (κ3) is 3.26. The molecule has 0 aliphatic heterocycles. The lowest BCUT2D eigenvalue weighted by molar-refractivity contribution is -0.123. The van der Waals surface area contributed by atoms with Gasteiger partial charge in [-0.25, -0.2) is 4.98 Å². The molecule has 6 heteroatoms. The Morgan fingerprint density at radius 2 is 2.06 bits per heavy atom. The van der Waals surface area contributed by atoms with Crippen molar-refractivity contribution in [1.29, 1.82) is 5.26 Å². The Morgan fingerprint density at radius 1 is 1.44 bits per heavy atom. The smallest absolute Gasteiger partial charge is 0.246 e. The van der Waals surface area contributed by atoms with Crippen LogP contribution < -0.4 is 5.32 Å². The van der Waals surface area contributed by atoms with Crippen LogP contribution in [-0.2, 0) is 4.79 Å². The first-order valence-electron chi connectivity index (χ1n) is 6.11. The Bertz CT molecular complexity index is 443. The van der Waals surface area contributed by atoms with Crippen LogP contribution in [0, 0.1) is 23.7 Å². The quantitative estimate of drug-likeness (QED) is 0.858. The van der Waals surface area contributed by atoms with Crippen LogP contribution in [0.5, 0.6) is 0 Å². The van der Waals surface area contributed by atoms with E-state index in [1.165, 1.54) is 0 Å². The molecule has 0 spiro atoms. The van der Waals surface area contributed by atoms with Crippen LogP contribution in [0.4, 0.5) is 5.13 Å². The fourth-order valence-corrected chi connectivity index (χ4v) is 2.50. The second kappa shape index (κ2) is 6.45. The lowest BCUT2D eigenvalue weighted by atomic mass is 9.80. The summed E-state index contributed by atoms with van der Waals surface area (Å²) in [5, 5.41) is 12.5. The first-order valence-corrected chi connectivity index (χ1v) is 6.88. The molecule has 0 aliphatic rings. The lowest BCUT2D eigenvalue weighted by Crippen LogP contribution is -2.35. The molecule has 1 amide bonds. The molecule has 1 N–H and O–H groups in total. The van der Waals surface area contributed by atoms with E-state index in [9.17, 15) is 10.1 Å². The standard InChI is InChI=1S/C12H18N4OS/c1-4-6-12(8-13,7-5-2)10(17)15-11-14-9(3)16-18-11/h4-7H2,1-3H3,(H,14,15,16,17). The summed E-state index contributed by atoms with van der Waals surface area (Å²) in [6.45, 7) is 5.72. The van der Waals surface area contributed by atoms with Crippen LogP contribution in [0.1, 0.15) is 45.4 Å². The predicted molar refractivity (Wildman–Crippen MR) is 71.1 cm³/mol. The average Bonchev–Trinajstić information content (AvgIpc) is 2.74. The van der Waals surface area contributed by atoms with Crippen LogP contribution >= 0.6 is 11.5 Å². The number of carbonyl (C=O) groups excluding carboxylic acids is 1. The third-order valence-electron chi connectivity index (χ3n) is 2.75. The monoisotopic (exact) mass is 266 g/mol. The normalized spacial score (nSPS) is 11.0. The molecular weight excluding hydrogens is 248 g/mol. The number of aryl methyl sites for hydroxylation is 1. The number of amides is 1. The van der Waals surface area contributed by atoms with Gasteiger partial charge in [0, 0.05) is 11.5 Å². The van der Waals surface area contributed by atoms with Gasteiger partial charge >= 0.3 is 0 Å². The van der Waals surface area contributed by atoms with Crippen molar-refractivity contribution in [3.8, 4) is 6.07 Å². The Hall–Kier alpha value is -1.48. The summed E-state index contributed by atoms with van der Waals surface area (Å²) in [6.07, 6.45) is 2.74. The molecule has 0 fully saturated rings. The van der Waals surface area contributed by atoms with Crippen molar-refractivity contribution in [2.45, 2.75) is 46.5 Å². The number of rotatable bonds is 6. The summed E-state index contributed by atoms with van der Waals surface area (Å²) in [4.78, 5) is 16.3. The summed E-state index contributed by atoms with van der Waals surface area (Å²) in [5.74, 6) is 0.369. The first kappa shape index (κ1) is 14.6. The molecule has 1 heterocycles. The number of anilines is 1. The third-order valence-corrected chi connectivity index (χ3v) is 3.47. The van der Waals surface area contributed by atoms with E-state index < -0.39 is 5.41 Å². The molecular formula is C12H18N4OS. The highest BCUT2D eigenvalue weighted by atomic mass is 32.1. The maximum Gasteiger partial charge on any atom is 0.246 e. The summed E-state index contributed by atoms with van der Waals surface area (Å²) in [6, 6.07) is 2.19. The minimum absolute atomic E-state index is 0.259. The molecule has 5 nitrogen and oxygen atoms in total. The number of hydrogen-bond donors (Lipinski definition) is 1. The van der Waals surface area contributed by atoms with Crippen LogP contribution in [-0.4, -0.2) is 15.3 Å². The van der Waals surface area contributed by atoms with Gasteiger partial charge in [-0.1, -0.05) is 26.7 Å². The molecule has 0 aromatic carbocycles. The van der Waals surface area contributed by atoms with E-state index in [-0.39, 0.29) is 5.91 Å². The molecule has 1 aromatic rings. The minimum atomic E-state index is -0.941. The molecule has 0 saturated heterocycles. The van der Waals surface area contributed by atoms with Crippen molar-refractivity contribution >= 4 is 22.6 Å². The summed E-state index contributed by atoms with van der Waals surface area (Å²) >= 11 is 1.14. The molecule has 0 aliphatic carbocycles. The molecule has 1 aromatic heterocycles. The van der Waals surface area contributed by atoms with Crippen LogP contribution in [0.3, 0.4) is 0 Å². The van der Waals surface area contributed by atoms with E-state index in [1.54, 1.807) is 6.92 Å². The van der Waals surface area contributed by atoms with Gasteiger partial charge in [0.1, 0.15) is 11.2 Å². The molecule has 0 bridgehead atoms. The van der Waals surface area contributed by atoms with E-state index in [2.05, 4.69) is 20.7 Å². The summed E-state index contributed by atoms with van der Waals surface area (Å²) in [7, 11) is 0. The second-order valence-corrected chi connectivity index (χ2v) is 5.05. The zero-order chi connectivity index (χ0) is 13.6. The summed E-state index contributed by atoms with van der Waals surface area (Å²) in [5.41, 5.74) is -0.941. The van der Waals surface area contributed by atoms with E-state index in [4.69, 9.17) is 0 Å². The number of aromatic nitrogens is 2. The van der Waals surface area contributed by atoms with Gasteiger partial charge in [0.15, 0.2) is 0 Å². The molecule has 0 saturated carbocycles. The first-order chi connectivity index (χ1) is 8.57. The number of nitriles is 1. The Morgan fingerprint density at radius 3 is 2.44 bits per heavy atom. The van der Waals surface area contributed by atoms with E-state index in [0.717, 1.165) is 24.4 Å². The Kier molecular flexibility index (Phi) is 5.23. The van der Waals surface area contributed by atoms with E-state index >= 15 is 0 Å². The van der Waals surface area contributed by atoms with Gasteiger partial charge in [-0.15, -0.1) is 0 Å². The van der Waals surface area contributed by atoms with Crippen molar-refractivity contribution in [1.82, 2.24) is 9.36 Å². The van der Waals surface area contributed by atoms with Gasteiger partial charge in [0.2, 0.25) is 11.0 Å². The van der Waals surface area contributed by atoms with Gasteiger partial charge in [0.05, 0.1) is 6.07 Å². The van der Waals surface area contributed by atoms with E-state index in [1.807, 2.05) is 13.8 Å². The highest BCUT2D eigenvalue weighted by Crippen LogP contribution is 2.31. The highest BCUT2D eigenvalue weighted by molar-refractivity contribution is 7.09. The summed E-state index contributed by atoms with van der Waals surface area (Å²) < 4.78 is 4.00. The van der Waals surface area contributed by atoms with Crippen molar-refractivity contribution in [2.75, 3.05) is 5.32 Å². The van der Waals surface area contributed by atoms with Crippen molar-refractivity contribution < 1.29 is 4.79 Å². The van der Waals surface area contributed by atoms with E-state index in [0.29, 0.717) is 23.8 Å². The fraction of sp³-hybridized carbons (Fsp3) is 0.667. The SMILES string of the molecule is CCCC(C#N)(CCC)C(=O)Nc1nc(C)ns1. The van der Waals surface area contributed by atoms with Crippen LogP contribution in [0.2, 0.25) is 0 Å². The minimum Gasteiger partial charge on any atom is -0.299 e. The molecule has 98 valence electrons. The van der Waals surface area contributed by atoms with Crippen LogP contribution in [0.15, 0.2) is 0 Å². The number of nitrogens with one attached hydrogen (secondary N) is 1. The van der Waals surface area contributed by atoms with Gasteiger partial charge in [-0.2, -0.15) is 9.64 Å². The zero-order valence-electron chi connectivity index (χ0n) is 11.0. The maximum absolute atomic E-state index is 12.3. The number of hydrogen-bond acceptors (Lipinski definition) is 5. The van der Waals surface area contributed by atoms with Gasteiger partial charge < -0.3 is 0 Å². The molecule has 1 rings (SSSR count). The predicted octanol–water partition coefficient (Wildman–Crippen LogP) is 2.90. The average molecular weight is 266 g/mol. The van der Waals surface area contributed by atoms with Gasteiger partial charge in [0.25, 0.3) is 0 Å². The van der Waals surface area contributed by atoms with Gasteiger partial charge in [-0.05, 0) is 19.8 Å². The molecule has 0 atom stereocenters. The van der Waals surface area contributed by atoms with Crippen molar-refractivity contribution in [2.24, 2.45) is 5.41 Å². The van der Waals surface area contributed by atoms with Crippen molar-refractivity contribution in [3.05, 3.63) is 5.82 Å². The van der Waals surface area contributed by atoms with Crippen molar-refractivity contribution in [3.63, 3.8) is 0 Å². The maximum atomic E-state index is 12.3. The molecule has 0 radical (unpaired) electrons. The zero-order valence-corrected chi connectivity index (χ0v) is 11.8. The molecule has 18 heavy (non-hydrogen) atoms. The van der Waals surface area contributed by atoms with Gasteiger partial charge in [-0.3, -0.25) is 10.1 Å². The lowest BCUT2D eigenvalue weighted by Gasteiger charge is -2.23. The largest absolute Gasteiger partial charge is 0.299 e.